The number of hydrogen-bond donors (Lipinski definition) is 0. The molecule has 13 nitrogen and oxygen atoms in total. The molecule has 5 heterocycles. The van der Waals surface area contributed by atoms with Gasteiger partial charge in [0.1, 0.15) is 0 Å². The maximum Gasteiger partial charge on any atom is 0.261 e. The number of nitrogens with zero attached hydrogens (tertiary/aromatic N) is 5. The van der Waals surface area contributed by atoms with Crippen LogP contribution in [0.25, 0.3) is 86.2 Å². The molecular formula is C93H93N5O8. The van der Waals surface area contributed by atoms with Crippen molar-refractivity contribution >= 4 is 139 Å². The monoisotopic (exact) mass is 1410 g/mol. The zero-order chi connectivity index (χ0) is 72.9. The van der Waals surface area contributed by atoms with Crippen LogP contribution < -0.4 is 4.90 Å². The molecule has 538 valence electrons. The topological polar surface area (TPSA) is 153 Å². The highest BCUT2D eigenvalue weighted by Gasteiger charge is 2.40. The summed E-state index contributed by atoms with van der Waals surface area (Å²) in [5.74, 6) is -2.11. The van der Waals surface area contributed by atoms with Crippen molar-refractivity contribution in [2.24, 2.45) is 0 Å². The van der Waals surface area contributed by atoms with Gasteiger partial charge in [-0.3, -0.25) is 58.0 Å². The standard InChI is InChI=1S/C48H49N3O4.C45H44N2O4/c1-2-3-4-5-6-7-8-9-10-14-28-50-45(52)37-22-18-33-35-20-24-39-44-40(25-21-36(42(35)44)34-19-23-38(46(50)53)43(37)41(33)34)48(55)51(47(39)54)30-31-16-15-17-32(29-31)49-26-12-11-13-27-49;1-3-5-6-7-8-9-10-11-12-13-26-46-42(48)34-22-18-30-32-20-24-36-41-37(45(51)47(44(36)50)27-29-16-14-28(4-2)15-17-29)25-21-33(39(32)41)31-19-23-35(43(46)49)40(34)38(30)31/h15-25,29H,2-14,26-28,30H2,1H3;14-25H,3-13,26-27H2,1-2H3. The molecule has 0 aliphatic carbocycles. The van der Waals surface area contributed by atoms with Gasteiger partial charge in [-0.05, 0) is 181 Å². The third kappa shape index (κ3) is 12.3. The summed E-state index contributed by atoms with van der Waals surface area (Å²) in [6.45, 7) is 9.89. The largest absolute Gasteiger partial charge is 0.372 e. The van der Waals surface area contributed by atoms with E-state index in [9.17, 15) is 38.4 Å². The van der Waals surface area contributed by atoms with Gasteiger partial charge in [-0.25, -0.2) is 0 Å². The average molecular weight is 1410 g/mol. The normalized spacial score (nSPS) is 15.2. The van der Waals surface area contributed by atoms with Crippen molar-refractivity contribution in [3.63, 3.8) is 0 Å². The van der Waals surface area contributed by atoms with E-state index < -0.39 is 0 Å². The Balaban J connectivity index is 0.000000163. The Morgan fingerprint density at radius 3 is 0.830 bits per heavy atom. The van der Waals surface area contributed by atoms with Gasteiger partial charge in [0, 0.05) is 97.9 Å². The Bertz CT molecular complexity index is 5290. The molecule has 5 aliphatic rings. The van der Waals surface area contributed by atoms with Crippen molar-refractivity contribution in [1.29, 1.82) is 0 Å². The Labute approximate surface area is 619 Å². The number of imide groups is 4. The van der Waals surface area contributed by atoms with Crippen LogP contribution in [-0.4, -0.2) is 93.0 Å². The van der Waals surface area contributed by atoms with Crippen molar-refractivity contribution in [3.05, 3.63) is 207 Å². The van der Waals surface area contributed by atoms with Crippen LogP contribution in [0.4, 0.5) is 5.69 Å². The molecule has 0 N–H and O–H groups in total. The SMILES string of the molecule is CCCCCCCCCCCCN1C(=O)c2ccc3c4ccc5c6c(ccc(c7ccc(c2c37)C1=O)c64)C(=O)N(Cc1ccc(CC)cc1)C5=O.CCCCCCCCCCCCN1C(=O)c2ccc3c4ccc5c6c(ccc(c7ccc(c2c37)C1=O)c64)C(=O)N(Cc1cccc(N2CCCCC2)c1)C5=O. The maximum absolute atomic E-state index is 14.2. The first-order chi connectivity index (χ1) is 51.9. The summed E-state index contributed by atoms with van der Waals surface area (Å²) in [6, 6.07) is 46.9. The van der Waals surface area contributed by atoms with Gasteiger partial charge >= 0.3 is 0 Å². The fraction of sp³-hybridized carbons (Fsp3) is 0.355. The van der Waals surface area contributed by atoms with Crippen LogP contribution in [0, 0.1) is 0 Å². The Hall–Kier alpha value is -10.4. The lowest BCUT2D eigenvalue weighted by atomic mass is 9.82. The molecule has 8 amide bonds. The van der Waals surface area contributed by atoms with E-state index in [0.29, 0.717) is 79.1 Å². The Kier molecular flexibility index (Phi) is 19.7. The summed E-state index contributed by atoms with van der Waals surface area (Å²) >= 11 is 0. The van der Waals surface area contributed by atoms with E-state index in [1.165, 1.54) is 134 Å². The Morgan fingerprint density at radius 2 is 0.528 bits per heavy atom. The lowest BCUT2D eigenvalue weighted by molar-refractivity contribution is 0.0583. The van der Waals surface area contributed by atoms with Crippen LogP contribution in [0.1, 0.15) is 268 Å². The highest BCUT2D eigenvalue weighted by molar-refractivity contribution is 6.43. The number of fused-ring (bicyclic) bond motifs is 4. The first-order valence-electron chi connectivity index (χ1n) is 39.7. The number of amides is 8. The summed E-state index contributed by atoms with van der Waals surface area (Å²) in [7, 11) is 0. The third-order valence-electron chi connectivity index (χ3n) is 23.8. The van der Waals surface area contributed by atoms with Crippen LogP contribution >= 0.6 is 0 Å². The summed E-state index contributed by atoms with van der Waals surface area (Å²) < 4.78 is 0. The fourth-order valence-corrected chi connectivity index (χ4v) is 18.2. The van der Waals surface area contributed by atoms with Crippen LogP contribution in [0.15, 0.2) is 146 Å². The summed E-state index contributed by atoms with van der Waals surface area (Å²) in [4.78, 5) is 120. The van der Waals surface area contributed by atoms with Gasteiger partial charge < -0.3 is 4.90 Å². The second-order valence-corrected chi connectivity index (χ2v) is 30.5. The predicted octanol–water partition coefficient (Wildman–Crippen LogP) is 21.7. The molecular weight excluding hydrogens is 1320 g/mol. The smallest absolute Gasteiger partial charge is 0.261 e. The molecule has 0 atom stereocenters. The number of unbranched alkanes of at least 4 members (excludes halogenated alkanes) is 18. The van der Waals surface area contributed by atoms with Gasteiger partial charge in [0.05, 0.1) is 13.1 Å². The lowest BCUT2D eigenvalue weighted by Crippen LogP contribution is -2.41. The van der Waals surface area contributed by atoms with Crippen molar-refractivity contribution in [3.8, 4) is 0 Å². The average Bonchev–Trinajstić information content (AvgIpc) is 0.696. The number of piperidine rings is 1. The first kappa shape index (κ1) is 69.9. The minimum atomic E-state index is -0.300. The van der Waals surface area contributed by atoms with Gasteiger partial charge in [0.2, 0.25) is 0 Å². The summed E-state index contributed by atoms with van der Waals surface area (Å²) in [5.41, 5.74) is 8.46. The minimum absolute atomic E-state index is 0.204. The van der Waals surface area contributed by atoms with Crippen LogP contribution in [0.5, 0.6) is 0 Å². The Morgan fingerprint density at radius 1 is 0.255 bits per heavy atom. The van der Waals surface area contributed by atoms with E-state index in [0.717, 1.165) is 139 Å². The molecule has 13 heteroatoms. The molecule has 12 aromatic carbocycles. The van der Waals surface area contributed by atoms with E-state index in [1.807, 2.05) is 133 Å². The van der Waals surface area contributed by atoms with Gasteiger partial charge in [-0.15, -0.1) is 0 Å². The molecule has 5 aliphatic heterocycles. The number of aryl methyl sites for hydroxylation is 1. The molecule has 12 aromatic rings. The summed E-state index contributed by atoms with van der Waals surface area (Å²) in [6.07, 6.45) is 28.3. The van der Waals surface area contributed by atoms with E-state index in [4.69, 9.17) is 0 Å². The molecule has 1 fully saturated rings. The highest BCUT2D eigenvalue weighted by Crippen LogP contribution is 2.49. The molecule has 0 saturated carbocycles. The fourth-order valence-electron chi connectivity index (χ4n) is 18.2. The molecule has 1 saturated heterocycles. The van der Waals surface area contributed by atoms with E-state index in [-0.39, 0.29) is 60.3 Å². The molecule has 0 aromatic heterocycles. The highest BCUT2D eigenvalue weighted by atomic mass is 16.2. The van der Waals surface area contributed by atoms with E-state index in [1.54, 1.807) is 0 Å². The summed E-state index contributed by atoms with van der Waals surface area (Å²) in [5, 5.41) is 13.5. The lowest BCUT2D eigenvalue weighted by Gasteiger charge is -2.31. The first-order valence-corrected chi connectivity index (χ1v) is 39.7. The quantitative estimate of drug-likeness (QED) is 0.0202. The molecule has 0 spiro atoms. The van der Waals surface area contributed by atoms with Crippen molar-refractivity contribution in [2.75, 3.05) is 31.1 Å². The zero-order valence-electron chi connectivity index (χ0n) is 61.6. The van der Waals surface area contributed by atoms with Crippen molar-refractivity contribution in [2.45, 2.75) is 188 Å². The second kappa shape index (κ2) is 29.9. The number of hydrogen-bond acceptors (Lipinski definition) is 9. The minimum Gasteiger partial charge on any atom is -0.372 e. The van der Waals surface area contributed by atoms with Gasteiger partial charge in [-0.1, -0.05) is 221 Å². The molecule has 0 unspecified atom stereocenters. The number of benzene rings is 12. The zero-order valence-corrected chi connectivity index (χ0v) is 61.6. The third-order valence-corrected chi connectivity index (χ3v) is 23.8. The maximum atomic E-state index is 14.2. The number of carbonyl (C=O) groups is 8. The van der Waals surface area contributed by atoms with E-state index in [2.05, 4.69) is 37.8 Å². The second-order valence-electron chi connectivity index (χ2n) is 30.5. The molecule has 17 rings (SSSR count). The van der Waals surface area contributed by atoms with E-state index >= 15 is 0 Å². The number of rotatable bonds is 28. The van der Waals surface area contributed by atoms with Gasteiger partial charge in [0.25, 0.3) is 47.3 Å². The van der Waals surface area contributed by atoms with Crippen LogP contribution in [0.3, 0.4) is 0 Å². The molecule has 106 heavy (non-hydrogen) atoms. The predicted molar refractivity (Wildman–Crippen MR) is 426 cm³/mol. The van der Waals surface area contributed by atoms with Crippen LogP contribution in [0.2, 0.25) is 0 Å². The van der Waals surface area contributed by atoms with Gasteiger partial charge in [0.15, 0.2) is 0 Å². The number of anilines is 1. The van der Waals surface area contributed by atoms with Gasteiger partial charge in [-0.2, -0.15) is 0 Å². The van der Waals surface area contributed by atoms with Crippen molar-refractivity contribution in [1.82, 2.24) is 19.6 Å². The van der Waals surface area contributed by atoms with Crippen molar-refractivity contribution < 1.29 is 38.4 Å². The van der Waals surface area contributed by atoms with Crippen LogP contribution in [-0.2, 0) is 19.5 Å². The molecule has 0 bridgehead atoms. The number of carbonyl (C=O) groups excluding carboxylic acids is 8. The molecule has 0 radical (unpaired) electrons.